The summed E-state index contributed by atoms with van der Waals surface area (Å²) >= 11 is 6.11. The van der Waals surface area contributed by atoms with E-state index in [2.05, 4.69) is 10.6 Å². The van der Waals surface area contributed by atoms with Crippen molar-refractivity contribution in [3.63, 3.8) is 0 Å². The van der Waals surface area contributed by atoms with Crippen molar-refractivity contribution < 1.29 is 22.3 Å². The van der Waals surface area contributed by atoms with Crippen LogP contribution in [0.1, 0.15) is 5.56 Å². The Kier molecular flexibility index (Phi) is 7.07. The molecule has 0 aliphatic carbocycles. The third-order valence-corrected chi connectivity index (χ3v) is 6.61. The van der Waals surface area contributed by atoms with Crippen LogP contribution in [-0.4, -0.2) is 51.6 Å². The minimum atomic E-state index is -3.71. The molecule has 2 amide bonds. The Balaban J connectivity index is 1.62. The van der Waals surface area contributed by atoms with Crippen LogP contribution in [0.2, 0.25) is 5.02 Å². The quantitative estimate of drug-likeness (QED) is 0.721. The van der Waals surface area contributed by atoms with Crippen molar-refractivity contribution in [2.75, 3.05) is 38.2 Å². The van der Waals surface area contributed by atoms with Gasteiger partial charge in [0.1, 0.15) is 5.82 Å². The van der Waals surface area contributed by atoms with Crippen molar-refractivity contribution in [2.45, 2.75) is 11.3 Å². The summed E-state index contributed by atoms with van der Waals surface area (Å²) in [5.74, 6) is -0.336. The molecular formula is C19H21ClFN3O4S. The summed E-state index contributed by atoms with van der Waals surface area (Å²) in [6, 6.07) is 9.74. The molecule has 0 radical (unpaired) electrons. The van der Waals surface area contributed by atoms with E-state index in [1.54, 1.807) is 12.1 Å². The summed E-state index contributed by atoms with van der Waals surface area (Å²) in [7, 11) is -3.71. The first-order chi connectivity index (χ1) is 13.9. The lowest BCUT2D eigenvalue weighted by Gasteiger charge is -2.26. The molecule has 2 aromatic rings. The van der Waals surface area contributed by atoms with Gasteiger partial charge in [0.25, 0.3) is 0 Å². The summed E-state index contributed by atoms with van der Waals surface area (Å²) < 4.78 is 45.2. The van der Waals surface area contributed by atoms with E-state index >= 15 is 0 Å². The summed E-state index contributed by atoms with van der Waals surface area (Å²) in [4.78, 5) is 12.2. The van der Waals surface area contributed by atoms with Gasteiger partial charge in [0, 0.05) is 19.6 Å². The van der Waals surface area contributed by atoms with Crippen LogP contribution < -0.4 is 10.6 Å². The standard InChI is InChI=1S/C19H21ClFN3O4S/c20-17-5-4-16(29(26,27)24-8-10-28-11-9-24)13-18(17)23-19(25)22-7-6-14-2-1-3-15(21)12-14/h1-5,12-13H,6-11H2,(H2,22,23,25). The highest BCUT2D eigenvalue weighted by Gasteiger charge is 2.27. The average molecular weight is 442 g/mol. The number of morpholine rings is 1. The number of sulfonamides is 1. The third-order valence-electron chi connectivity index (χ3n) is 4.38. The Hall–Kier alpha value is -2.20. The molecule has 156 valence electrons. The van der Waals surface area contributed by atoms with Gasteiger partial charge in [0.05, 0.1) is 28.8 Å². The average Bonchev–Trinajstić information content (AvgIpc) is 2.70. The van der Waals surface area contributed by atoms with E-state index in [9.17, 15) is 17.6 Å². The van der Waals surface area contributed by atoms with Gasteiger partial charge in [-0.1, -0.05) is 23.7 Å². The number of amides is 2. The largest absolute Gasteiger partial charge is 0.379 e. The van der Waals surface area contributed by atoms with Gasteiger partial charge >= 0.3 is 6.03 Å². The fourth-order valence-corrected chi connectivity index (χ4v) is 4.48. The summed E-state index contributed by atoms with van der Waals surface area (Å²) in [5.41, 5.74) is 0.936. The maximum absolute atomic E-state index is 13.2. The van der Waals surface area contributed by atoms with Crippen molar-refractivity contribution in [3.05, 3.63) is 58.9 Å². The fraction of sp³-hybridized carbons (Fsp3) is 0.316. The fourth-order valence-electron chi connectivity index (χ4n) is 2.88. The molecule has 0 spiro atoms. The zero-order chi connectivity index (χ0) is 20.9. The van der Waals surface area contributed by atoms with Gasteiger partial charge in [0.2, 0.25) is 10.0 Å². The van der Waals surface area contributed by atoms with Crippen LogP contribution in [-0.2, 0) is 21.2 Å². The van der Waals surface area contributed by atoms with E-state index < -0.39 is 16.1 Å². The van der Waals surface area contributed by atoms with Gasteiger partial charge in [-0.3, -0.25) is 0 Å². The number of hydrogen-bond donors (Lipinski definition) is 2. The van der Waals surface area contributed by atoms with Crippen LogP contribution in [0.3, 0.4) is 0 Å². The van der Waals surface area contributed by atoms with Gasteiger partial charge < -0.3 is 15.4 Å². The molecule has 0 atom stereocenters. The summed E-state index contributed by atoms with van der Waals surface area (Å²) in [6.45, 7) is 1.50. The van der Waals surface area contributed by atoms with Gasteiger partial charge in [-0.05, 0) is 42.3 Å². The van der Waals surface area contributed by atoms with Gasteiger partial charge in [0.15, 0.2) is 0 Å². The molecule has 1 fully saturated rings. The molecular weight excluding hydrogens is 421 g/mol. The van der Waals surface area contributed by atoms with Crippen LogP contribution in [0.25, 0.3) is 0 Å². The maximum Gasteiger partial charge on any atom is 0.319 e. The molecule has 2 aromatic carbocycles. The monoisotopic (exact) mass is 441 g/mol. The molecule has 0 unspecified atom stereocenters. The smallest absolute Gasteiger partial charge is 0.319 e. The topological polar surface area (TPSA) is 87.7 Å². The summed E-state index contributed by atoms with van der Waals surface area (Å²) in [6.07, 6.45) is 0.449. The molecule has 1 aliphatic heterocycles. The third kappa shape index (κ3) is 5.66. The number of rotatable bonds is 6. The van der Waals surface area contributed by atoms with Crippen molar-refractivity contribution in [2.24, 2.45) is 0 Å². The molecule has 1 heterocycles. The normalized spacial score (nSPS) is 15.1. The van der Waals surface area contributed by atoms with Crippen molar-refractivity contribution in [1.29, 1.82) is 0 Å². The second-order valence-corrected chi connectivity index (χ2v) is 8.76. The van der Waals surface area contributed by atoms with E-state index in [-0.39, 0.29) is 41.1 Å². The number of hydrogen-bond acceptors (Lipinski definition) is 4. The zero-order valence-corrected chi connectivity index (χ0v) is 17.1. The van der Waals surface area contributed by atoms with Crippen LogP contribution in [0.4, 0.5) is 14.9 Å². The SMILES string of the molecule is O=C(NCCc1cccc(F)c1)Nc1cc(S(=O)(=O)N2CCOCC2)ccc1Cl. The molecule has 10 heteroatoms. The number of urea groups is 1. The van der Waals surface area contributed by atoms with E-state index in [4.69, 9.17) is 16.3 Å². The summed E-state index contributed by atoms with van der Waals surface area (Å²) in [5, 5.41) is 5.41. The minimum absolute atomic E-state index is 0.0406. The molecule has 0 bridgehead atoms. The number of carbonyl (C=O) groups is 1. The van der Waals surface area contributed by atoms with E-state index in [1.165, 1.54) is 34.6 Å². The highest BCUT2D eigenvalue weighted by atomic mass is 35.5. The Labute approximate surface area is 173 Å². The van der Waals surface area contributed by atoms with E-state index in [0.717, 1.165) is 5.56 Å². The number of carbonyl (C=O) groups excluding carboxylic acids is 1. The number of halogens is 2. The Morgan fingerprint density at radius 1 is 1.17 bits per heavy atom. The highest BCUT2D eigenvalue weighted by molar-refractivity contribution is 7.89. The first-order valence-electron chi connectivity index (χ1n) is 9.03. The maximum atomic E-state index is 13.2. The van der Waals surface area contributed by atoms with Gasteiger partial charge in [-0.15, -0.1) is 0 Å². The molecule has 0 aromatic heterocycles. The molecule has 7 nitrogen and oxygen atoms in total. The first-order valence-corrected chi connectivity index (χ1v) is 10.8. The van der Waals surface area contributed by atoms with Crippen LogP contribution in [0, 0.1) is 5.82 Å². The van der Waals surface area contributed by atoms with Crippen molar-refractivity contribution in [1.82, 2.24) is 9.62 Å². The zero-order valence-electron chi connectivity index (χ0n) is 15.5. The molecule has 1 saturated heterocycles. The predicted octanol–water partition coefficient (Wildman–Crippen LogP) is 2.86. The Morgan fingerprint density at radius 3 is 2.66 bits per heavy atom. The molecule has 0 saturated carbocycles. The van der Waals surface area contributed by atoms with E-state index in [0.29, 0.717) is 19.6 Å². The number of nitrogens with one attached hydrogen (secondary N) is 2. The lowest BCUT2D eigenvalue weighted by atomic mass is 10.1. The number of benzene rings is 2. The molecule has 3 rings (SSSR count). The minimum Gasteiger partial charge on any atom is -0.379 e. The van der Waals surface area contributed by atoms with Gasteiger partial charge in [-0.2, -0.15) is 4.31 Å². The van der Waals surface area contributed by atoms with Crippen molar-refractivity contribution >= 4 is 33.3 Å². The Bertz CT molecular complexity index is 981. The van der Waals surface area contributed by atoms with Crippen LogP contribution >= 0.6 is 11.6 Å². The van der Waals surface area contributed by atoms with Crippen LogP contribution in [0.15, 0.2) is 47.4 Å². The van der Waals surface area contributed by atoms with Crippen LogP contribution in [0.5, 0.6) is 0 Å². The second kappa shape index (κ2) is 9.53. The molecule has 2 N–H and O–H groups in total. The number of nitrogens with zero attached hydrogens (tertiary/aromatic N) is 1. The lowest BCUT2D eigenvalue weighted by Crippen LogP contribution is -2.40. The highest BCUT2D eigenvalue weighted by Crippen LogP contribution is 2.27. The van der Waals surface area contributed by atoms with Gasteiger partial charge in [-0.25, -0.2) is 17.6 Å². The Morgan fingerprint density at radius 2 is 1.93 bits per heavy atom. The van der Waals surface area contributed by atoms with Crippen molar-refractivity contribution in [3.8, 4) is 0 Å². The van der Waals surface area contributed by atoms with E-state index in [1.807, 2.05) is 0 Å². The second-order valence-electron chi connectivity index (χ2n) is 6.42. The number of anilines is 1. The number of ether oxygens (including phenoxy) is 1. The lowest BCUT2D eigenvalue weighted by molar-refractivity contribution is 0.0730. The predicted molar refractivity (Wildman–Crippen MR) is 108 cm³/mol. The molecule has 1 aliphatic rings. The first kappa shape index (κ1) is 21.5. The molecule has 29 heavy (non-hydrogen) atoms.